The minimum absolute atomic E-state index is 0.0833. The van der Waals surface area contributed by atoms with E-state index in [0.29, 0.717) is 10.2 Å². The third-order valence-corrected chi connectivity index (χ3v) is 3.14. The van der Waals surface area contributed by atoms with Crippen LogP contribution in [-0.4, -0.2) is 35.6 Å². The Balaban J connectivity index is 2.66. The lowest BCUT2D eigenvalue weighted by Gasteiger charge is -2.20. The van der Waals surface area contributed by atoms with E-state index in [0.717, 1.165) is 0 Å². The molecule has 0 spiro atoms. The van der Waals surface area contributed by atoms with E-state index < -0.39 is 23.7 Å². The maximum atomic E-state index is 12.9. The van der Waals surface area contributed by atoms with E-state index in [9.17, 15) is 14.0 Å². The molecule has 0 saturated heterocycles. The van der Waals surface area contributed by atoms with Gasteiger partial charge in [0.2, 0.25) is 0 Å². The van der Waals surface area contributed by atoms with E-state index in [1.54, 1.807) is 0 Å². The van der Waals surface area contributed by atoms with Crippen LogP contribution in [0.4, 0.5) is 14.9 Å². The Labute approximate surface area is 118 Å². The molecule has 0 aliphatic carbocycles. The van der Waals surface area contributed by atoms with Crippen LogP contribution in [0.2, 0.25) is 0 Å². The fraction of sp³-hybridized carbons (Fsp3) is 0.333. The van der Waals surface area contributed by atoms with Crippen molar-refractivity contribution < 1.29 is 19.1 Å². The quantitative estimate of drug-likeness (QED) is 0.890. The number of hydrogen-bond acceptors (Lipinski definition) is 2. The smallest absolute Gasteiger partial charge is 0.321 e. The van der Waals surface area contributed by atoms with Crippen molar-refractivity contribution in [3.05, 3.63) is 28.5 Å². The Morgan fingerprint density at radius 3 is 2.68 bits per heavy atom. The SMILES string of the molecule is CC(CN(C)C(=O)Nc1ccc(F)cc1Br)C(=O)O. The molecule has 0 fully saturated rings. The first kappa shape index (κ1) is 15.4. The number of halogens is 2. The Morgan fingerprint density at radius 2 is 2.16 bits per heavy atom. The first-order valence-electron chi connectivity index (χ1n) is 5.51. The van der Waals surface area contributed by atoms with Gasteiger partial charge in [-0.15, -0.1) is 0 Å². The summed E-state index contributed by atoms with van der Waals surface area (Å²) in [7, 11) is 1.49. The van der Waals surface area contributed by atoms with Gasteiger partial charge in [0.1, 0.15) is 5.82 Å². The number of carbonyl (C=O) groups excluding carboxylic acids is 1. The van der Waals surface area contributed by atoms with E-state index in [1.807, 2.05) is 0 Å². The van der Waals surface area contributed by atoms with Gasteiger partial charge in [0.05, 0.1) is 11.6 Å². The van der Waals surface area contributed by atoms with Crippen molar-refractivity contribution in [2.24, 2.45) is 5.92 Å². The third-order valence-electron chi connectivity index (χ3n) is 2.49. The molecule has 0 radical (unpaired) electrons. The second-order valence-electron chi connectivity index (χ2n) is 4.17. The molecular weight excluding hydrogens is 319 g/mol. The monoisotopic (exact) mass is 332 g/mol. The molecule has 0 bridgehead atoms. The van der Waals surface area contributed by atoms with E-state index in [-0.39, 0.29) is 6.54 Å². The second kappa shape index (κ2) is 6.51. The van der Waals surface area contributed by atoms with Gasteiger partial charge in [-0.3, -0.25) is 4.79 Å². The van der Waals surface area contributed by atoms with Crippen LogP contribution >= 0.6 is 15.9 Å². The van der Waals surface area contributed by atoms with Gasteiger partial charge >= 0.3 is 12.0 Å². The number of hydrogen-bond donors (Lipinski definition) is 2. The number of carboxylic acids is 1. The van der Waals surface area contributed by atoms with Gasteiger partial charge < -0.3 is 15.3 Å². The van der Waals surface area contributed by atoms with Gasteiger partial charge in [0, 0.05) is 18.1 Å². The van der Waals surface area contributed by atoms with Gasteiger partial charge in [-0.1, -0.05) is 6.92 Å². The van der Waals surface area contributed by atoms with Crippen LogP contribution in [-0.2, 0) is 4.79 Å². The van der Waals surface area contributed by atoms with Crippen molar-refractivity contribution in [1.29, 1.82) is 0 Å². The molecule has 1 aromatic rings. The molecule has 5 nitrogen and oxygen atoms in total. The van der Waals surface area contributed by atoms with Crippen LogP contribution in [0.3, 0.4) is 0 Å². The molecular formula is C12H14BrFN2O3. The molecule has 7 heteroatoms. The number of anilines is 1. The zero-order valence-electron chi connectivity index (χ0n) is 10.5. The molecule has 104 valence electrons. The van der Waals surface area contributed by atoms with Gasteiger partial charge in [-0.25, -0.2) is 9.18 Å². The number of nitrogens with one attached hydrogen (secondary N) is 1. The molecule has 0 saturated carbocycles. The topological polar surface area (TPSA) is 69.6 Å². The summed E-state index contributed by atoms with van der Waals surface area (Å²) < 4.78 is 13.3. The number of nitrogens with zero attached hydrogens (tertiary/aromatic N) is 1. The summed E-state index contributed by atoms with van der Waals surface area (Å²) in [4.78, 5) is 23.8. The lowest BCUT2D eigenvalue weighted by atomic mass is 10.2. The molecule has 0 aliphatic heterocycles. The maximum absolute atomic E-state index is 12.9. The van der Waals surface area contributed by atoms with Crippen molar-refractivity contribution in [3.8, 4) is 0 Å². The number of rotatable bonds is 4. The fourth-order valence-corrected chi connectivity index (χ4v) is 1.82. The first-order chi connectivity index (χ1) is 8.81. The summed E-state index contributed by atoms with van der Waals surface area (Å²) in [6.45, 7) is 1.60. The molecule has 19 heavy (non-hydrogen) atoms. The highest BCUT2D eigenvalue weighted by molar-refractivity contribution is 9.10. The average molecular weight is 333 g/mol. The standard InChI is InChI=1S/C12H14BrFN2O3/c1-7(11(17)18)6-16(2)12(19)15-10-4-3-8(14)5-9(10)13/h3-5,7H,6H2,1-2H3,(H,15,19)(H,17,18). The van der Waals surface area contributed by atoms with Crippen molar-refractivity contribution >= 4 is 33.6 Å². The highest BCUT2D eigenvalue weighted by atomic mass is 79.9. The van der Waals surface area contributed by atoms with Crippen LogP contribution in [0.15, 0.2) is 22.7 Å². The number of benzene rings is 1. The number of amides is 2. The number of urea groups is 1. The van der Waals surface area contributed by atoms with Crippen LogP contribution in [0.5, 0.6) is 0 Å². The summed E-state index contributed by atoms with van der Waals surface area (Å²) in [5.41, 5.74) is 0.418. The number of carboxylic acid groups (broad SMARTS) is 1. The summed E-state index contributed by atoms with van der Waals surface area (Å²) in [6, 6.07) is 3.42. The van der Waals surface area contributed by atoms with Crippen molar-refractivity contribution in [3.63, 3.8) is 0 Å². The van der Waals surface area contributed by atoms with Crippen LogP contribution in [0.1, 0.15) is 6.92 Å². The van der Waals surface area contributed by atoms with E-state index in [1.165, 1.54) is 37.1 Å². The predicted molar refractivity (Wildman–Crippen MR) is 72.5 cm³/mol. The average Bonchev–Trinajstić information content (AvgIpc) is 2.32. The number of aliphatic carboxylic acids is 1. The van der Waals surface area contributed by atoms with Gasteiger partial charge in [0.15, 0.2) is 0 Å². The molecule has 1 rings (SSSR count). The normalized spacial score (nSPS) is 11.8. The third kappa shape index (κ3) is 4.51. The molecule has 0 aromatic heterocycles. The van der Waals surface area contributed by atoms with Crippen molar-refractivity contribution in [2.45, 2.75) is 6.92 Å². The summed E-state index contributed by atoms with van der Waals surface area (Å²) in [5.74, 6) is -2.05. The lowest BCUT2D eigenvalue weighted by Crippen LogP contribution is -2.36. The van der Waals surface area contributed by atoms with Crippen molar-refractivity contribution in [2.75, 3.05) is 18.9 Å². The Bertz CT molecular complexity index is 496. The van der Waals surface area contributed by atoms with Gasteiger partial charge in [0.25, 0.3) is 0 Å². The second-order valence-corrected chi connectivity index (χ2v) is 5.03. The maximum Gasteiger partial charge on any atom is 0.321 e. The largest absolute Gasteiger partial charge is 0.481 e. The first-order valence-corrected chi connectivity index (χ1v) is 6.30. The molecule has 0 aliphatic rings. The summed E-state index contributed by atoms with van der Waals surface area (Å²) in [6.07, 6.45) is 0. The van der Waals surface area contributed by atoms with Crippen LogP contribution in [0, 0.1) is 11.7 Å². The van der Waals surface area contributed by atoms with Crippen LogP contribution < -0.4 is 5.32 Å². The predicted octanol–water partition coefficient (Wildman–Crippen LogP) is 2.77. The Morgan fingerprint density at radius 1 is 1.53 bits per heavy atom. The highest BCUT2D eigenvalue weighted by Crippen LogP contribution is 2.23. The minimum atomic E-state index is -0.970. The number of carbonyl (C=O) groups is 2. The molecule has 1 aromatic carbocycles. The lowest BCUT2D eigenvalue weighted by molar-refractivity contribution is -0.141. The van der Waals surface area contributed by atoms with E-state index in [2.05, 4.69) is 21.2 Å². The van der Waals surface area contributed by atoms with Gasteiger partial charge in [-0.2, -0.15) is 0 Å². The molecule has 1 unspecified atom stereocenters. The van der Waals surface area contributed by atoms with Crippen LogP contribution in [0.25, 0.3) is 0 Å². The fourth-order valence-electron chi connectivity index (χ4n) is 1.37. The minimum Gasteiger partial charge on any atom is -0.481 e. The van der Waals surface area contributed by atoms with E-state index in [4.69, 9.17) is 5.11 Å². The molecule has 0 heterocycles. The highest BCUT2D eigenvalue weighted by Gasteiger charge is 2.17. The summed E-state index contributed by atoms with van der Waals surface area (Å²) >= 11 is 3.13. The molecule has 1 atom stereocenters. The van der Waals surface area contributed by atoms with Gasteiger partial charge in [-0.05, 0) is 34.1 Å². The summed E-state index contributed by atoms with van der Waals surface area (Å²) in [5, 5.41) is 11.3. The van der Waals surface area contributed by atoms with E-state index >= 15 is 0 Å². The zero-order valence-corrected chi connectivity index (χ0v) is 12.1. The molecule has 2 N–H and O–H groups in total. The van der Waals surface area contributed by atoms with Crippen molar-refractivity contribution in [1.82, 2.24) is 4.90 Å². The molecule has 2 amide bonds. The Hall–Kier alpha value is -1.63. The Kier molecular flexibility index (Phi) is 5.29. The zero-order chi connectivity index (χ0) is 14.6.